The molecule has 1 aromatic heterocycles. The van der Waals surface area contributed by atoms with E-state index in [-0.39, 0.29) is 11.7 Å². The Bertz CT molecular complexity index is 745. The third-order valence-electron chi connectivity index (χ3n) is 5.71. The second-order valence-corrected chi connectivity index (χ2v) is 8.20. The number of benzene rings is 1. The lowest BCUT2D eigenvalue weighted by Gasteiger charge is -2.40. The minimum atomic E-state index is -0.170. The van der Waals surface area contributed by atoms with E-state index >= 15 is 0 Å². The van der Waals surface area contributed by atoms with Crippen molar-refractivity contribution >= 4 is 5.95 Å². The first-order chi connectivity index (χ1) is 12.5. The number of likely N-dealkylation sites (tertiary alicyclic amines) is 1. The van der Waals surface area contributed by atoms with Crippen LogP contribution in [0.5, 0.6) is 0 Å². The van der Waals surface area contributed by atoms with Gasteiger partial charge in [0.15, 0.2) is 0 Å². The van der Waals surface area contributed by atoms with Crippen LogP contribution in [0.4, 0.5) is 10.3 Å². The zero-order valence-electron chi connectivity index (χ0n) is 15.6. The molecule has 0 radical (unpaired) electrons. The van der Waals surface area contributed by atoms with Gasteiger partial charge in [-0.25, -0.2) is 4.39 Å². The summed E-state index contributed by atoms with van der Waals surface area (Å²) >= 11 is 0. The van der Waals surface area contributed by atoms with Gasteiger partial charge >= 0.3 is 0 Å². The second kappa shape index (κ2) is 6.99. The molecule has 26 heavy (non-hydrogen) atoms. The molecule has 140 valence electrons. The van der Waals surface area contributed by atoms with E-state index in [0.717, 1.165) is 38.7 Å². The molecule has 1 aromatic carbocycles. The normalized spacial score (nSPS) is 24.1. The molecule has 0 amide bonds. The molecular weight excluding hydrogens is 331 g/mol. The number of anilines is 1. The fraction of sp³-hybridized carbons (Fsp3) is 0.600. The third-order valence-corrected chi connectivity index (χ3v) is 5.71. The average molecular weight is 358 g/mol. The summed E-state index contributed by atoms with van der Waals surface area (Å²) in [7, 11) is 0. The van der Waals surface area contributed by atoms with E-state index in [4.69, 9.17) is 4.52 Å². The lowest BCUT2D eigenvalue weighted by Crippen LogP contribution is -2.44. The fourth-order valence-electron chi connectivity index (χ4n) is 4.32. The first-order valence-electron chi connectivity index (χ1n) is 9.58. The smallest absolute Gasteiger partial charge is 0.266 e. The maximum absolute atomic E-state index is 13.1. The molecule has 0 aliphatic carbocycles. The number of halogens is 1. The Hall–Kier alpha value is -1.95. The van der Waals surface area contributed by atoms with E-state index in [0.29, 0.717) is 11.3 Å². The SMILES string of the molecule is CC(C)c1nc(N2CC[C@@]3(CCCN(Cc4ccc(F)cc4)C3)C2)no1. The summed E-state index contributed by atoms with van der Waals surface area (Å²) < 4.78 is 18.5. The number of rotatable bonds is 4. The number of hydrogen-bond donors (Lipinski definition) is 0. The monoisotopic (exact) mass is 358 g/mol. The first-order valence-corrected chi connectivity index (χ1v) is 9.58. The second-order valence-electron chi connectivity index (χ2n) is 8.20. The predicted molar refractivity (Wildman–Crippen MR) is 98.6 cm³/mol. The quantitative estimate of drug-likeness (QED) is 0.831. The Kier molecular flexibility index (Phi) is 4.69. The molecule has 2 fully saturated rings. The highest BCUT2D eigenvalue weighted by molar-refractivity contribution is 5.32. The molecule has 2 aliphatic heterocycles. The minimum Gasteiger partial charge on any atom is -0.338 e. The van der Waals surface area contributed by atoms with Crippen molar-refractivity contribution in [3.05, 3.63) is 41.5 Å². The van der Waals surface area contributed by atoms with Gasteiger partial charge in [0.2, 0.25) is 5.89 Å². The van der Waals surface area contributed by atoms with Crippen LogP contribution in [0.15, 0.2) is 28.8 Å². The Morgan fingerprint density at radius 2 is 1.96 bits per heavy atom. The van der Waals surface area contributed by atoms with Crippen LogP contribution >= 0.6 is 0 Å². The van der Waals surface area contributed by atoms with Crippen LogP contribution in [-0.2, 0) is 6.54 Å². The van der Waals surface area contributed by atoms with Crippen molar-refractivity contribution in [2.24, 2.45) is 5.41 Å². The van der Waals surface area contributed by atoms with Crippen LogP contribution in [0.1, 0.15) is 50.5 Å². The summed E-state index contributed by atoms with van der Waals surface area (Å²) in [5, 5.41) is 4.18. The van der Waals surface area contributed by atoms with Gasteiger partial charge in [-0.1, -0.05) is 26.0 Å². The number of aromatic nitrogens is 2. The van der Waals surface area contributed by atoms with Crippen LogP contribution in [0.2, 0.25) is 0 Å². The lowest BCUT2D eigenvalue weighted by atomic mass is 9.79. The van der Waals surface area contributed by atoms with E-state index < -0.39 is 0 Å². The molecule has 5 nitrogen and oxygen atoms in total. The lowest BCUT2D eigenvalue weighted by molar-refractivity contribution is 0.0991. The molecule has 6 heteroatoms. The van der Waals surface area contributed by atoms with E-state index in [1.54, 1.807) is 12.1 Å². The van der Waals surface area contributed by atoms with Gasteiger partial charge in [0.25, 0.3) is 5.95 Å². The molecule has 4 rings (SSSR count). The number of piperidine rings is 1. The Morgan fingerprint density at radius 1 is 1.15 bits per heavy atom. The maximum Gasteiger partial charge on any atom is 0.266 e. The molecule has 0 saturated carbocycles. The summed E-state index contributed by atoms with van der Waals surface area (Å²) in [5.74, 6) is 1.54. The molecule has 2 aliphatic rings. The minimum absolute atomic E-state index is 0.170. The fourth-order valence-corrected chi connectivity index (χ4v) is 4.32. The molecule has 2 saturated heterocycles. The van der Waals surface area contributed by atoms with E-state index in [2.05, 4.69) is 33.8 Å². The van der Waals surface area contributed by atoms with Crippen LogP contribution in [0.3, 0.4) is 0 Å². The zero-order valence-corrected chi connectivity index (χ0v) is 15.6. The molecule has 0 unspecified atom stereocenters. The summed E-state index contributed by atoms with van der Waals surface area (Å²) in [6, 6.07) is 6.89. The van der Waals surface area contributed by atoms with E-state index in [1.807, 2.05) is 12.1 Å². The van der Waals surface area contributed by atoms with Gasteiger partial charge in [-0.05, 0) is 48.7 Å². The summed E-state index contributed by atoms with van der Waals surface area (Å²) in [6.45, 7) is 9.19. The standard InChI is InChI=1S/C20H27FN4O/c1-15(2)18-22-19(23-26-18)25-11-9-20(14-25)8-3-10-24(13-20)12-16-4-6-17(21)7-5-16/h4-7,15H,3,8-14H2,1-2H3/t20-/m1/s1. The van der Waals surface area contributed by atoms with Gasteiger partial charge in [-0.15, -0.1) is 0 Å². The summed E-state index contributed by atoms with van der Waals surface area (Å²) in [4.78, 5) is 9.35. The van der Waals surface area contributed by atoms with Crippen molar-refractivity contribution in [3.8, 4) is 0 Å². The predicted octanol–water partition coefficient (Wildman–Crippen LogP) is 3.82. The Balaban J connectivity index is 1.41. The Morgan fingerprint density at radius 3 is 2.69 bits per heavy atom. The van der Waals surface area contributed by atoms with Crippen LogP contribution in [-0.4, -0.2) is 41.2 Å². The van der Waals surface area contributed by atoms with Gasteiger partial charge in [-0.3, -0.25) is 4.90 Å². The van der Waals surface area contributed by atoms with Gasteiger partial charge in [0.05, 0.1) is 0 Å². The van der Waals surface area contributed by atoms with Crippen LogP contribution < -0.4 is 4.90 Å². The number of hydrogen-bond acceptors (Lipinski definition) is 5. The molecular formula is C20H27FN4O. The van der Waals surface area contributed by atoms with Crippen LogP contribution in [0, 0.1) is 11.2 Å². The van der Waals surface area contributed by atoms with E-state index in [1.165, 1.54) is 24.8 Å². The Labute approximate surface area is 154 Å². The van der Waals surface area contributed by atoms with Crippen molar-refractivity contribution in [2.75, 3.05) is 31.1 Å². The maximum atomic E-state index is 13.1. The first kappa shape index (κ1) is 17.5. The topological polar surface area (TPSA) is 45.4 Å². The zero-order chi connectivity index (χ0) is 18.1. The number of nitrogens with zero attached hydrogens (tertiary/aromatic N) is 4. The van der Waals surface area contributed by atoms with Crippen LogP contribution in [0.25, 0.3) is 0 Å². The van der Waals surface area contributed by atoms with Crippen molar-refractivity contribution in [1.29, 1.82) is 0 Å². The molecule has 1 spiro atoms. The highest BCUT2D eigenvalue weighted by atomic mass is 19.1. The highest BCUT2D eigenvalue weighted by Crippen LogP contribution is 2.40. The molecule has 1 atom stereocenters. The summed E-state index contributed by atoms with van der Waals surface area (Å²) in [6.07, 6.45) is 3.62. The van der Waals surface area contributed by atoms with Crippen molar-refractivity contribution in [1.82, 2.24) is 15.0 Å². The van der Waals surface area contributed by atoms with Gasteiger partial charge in [0.1, 0.15) is 5.82 Å². The van der Waals surface area contributed by atoms with E-state index in [9.17, 15) is 4.39 Å². The highest BCUT2D eigenvalue weighted by Gasteiger charge is 2.42. The van der Waals surface area contributed by atoms with Crippen molar-refractivity contribution in [2.45, 2.75) is 45.6 Å². The van der Waals surface area contributed by atoms with Crippen molar-refractivity contribution in [3.63, 3.8) is 0 Å². The van der Waals surface area contributed by atoms with Gasteiger partial charge in [-0.2, -0.15) is 4.98 Å². The van der Waals surface area contributed by atoms with Gasteiger partial charge in [0, 0.05) is 37.5 Å². The molecule has 3 heterocycles. The van der Waals surface area contributed by atoms with Crippen molar-refractivity contribution < 1.29 is 8.91 Å². The largest absolute Gasteiger partial charge is 0.338 e. The third kappa shape index (κ3) is 3.61. The molecule has 2 aromatic rings. The average Bonchev–Trinajstić information content (AvgIpc) is 3.25. The van der Waals surface area contributed by atoms with Gasteiger partial charge < -0.3 is 9.42 Å². The molecule has 0 bridgehead atoms. The summed E-state index contributed by atoms with van der Waals surface area (Å²) in [5.41, 5.74) is 1.48. The molecule has 0 N–H and O–H groups in total.